The van der Waals surface area contributed by atoms with Crippen LogP contribution in [0, 0.1) is 6.92 Å². The van der Waals surface area contributed by atoms with Gasteiger partial charge < -0.3 is 15.1 Å². The molecular weight excluding hydrogens is 442 g/mol. The van der Waals surface area contributed by atoms with E-state index >= 15 is 0 Å². The van der Waals surface area contributed by atoms with E-state index in [-0.39, 0.29) is 35.9 Å². The maximum Gasteiger partial charge on any atom is 0.274 e. The zero-order chi connectivity index (χ0) is 24.8. The summed E-state index contributed by atoms with van der Waals surface area (Å²) < 4.78 is 1.66. The maximum atomic E-state index is 13.3. The van der Waals surface area contributed by atoms with Crippen molar-refractivity contribution in [2.24, 2.45) is 0 Å². The van der Waals surface area contributed by atoms with Crippen molar-refractivity contribution in [2.75, 3.05) is 19.6 Å². The van der Waals surface area contributed by atoms with Crippen molar-refractivity contribution in [1.29, 1.82) is 0 Å². The van der Waals surface area contributed by atoms with E-state index in [2.05, 4.69) is 16.5 Å². The summed E-state index contributed by atoms with van der Waals surface area (Å²) in [4.78, 5) is 42.4. The maximum absolute atomic E-state index is 13.3. The van der Waals surface area contributed by atoms with Crippen molar-refractivity contribution >= 4 is 17.7 Å². The summed E-state index contributed by atoms with van der Waals surface area (Å²) in [6.45, 7) is 6.53. The number of benzene rings is 1. The highest BCUT2D eigenvalue weighted by atomic mass is 16.2. The number of aromatic nitrogens is 2. The molecule has 188 valence electrons. The van der Waals surface area contributed by atoms with Crippen LogP contribution in [0.15, 0.2) is 30.3 Å². The Labute approximate surface area is 207 Å². The summed E-state index contributed by atoms with van der Waals surface area (Å²) >= 11 is 0. The van der Waals surface area contributed by atoms with Gasteiger partial charge >= 0.3 is 0 Å². The third kappa shape index (κ3) is 6.29. The SMILES string of the molecule is CCN(CCC(=O)NC1CCCCC1)C(=O)c1cc2n(n1)CCCN(Cc1cccc(C)c1)C2=O. The number of hydrogen-bond acceptors (Lipinski definition) is 4. The molecule has 1 aliphatic carbocycles. The second-order valence-corrected chi connectivity index (χ2v) is 9.74. The highest BCUT2D eigenvalue weighted by Crippen LogP contribution is 2.19. The lowest BCUT2D eigenvalue weighted by Crippen LogP contribution is -2.39. The zero-order valence-electron chi connectivity index (χ0n) is 21.0. The van der Waals surface area contributed by atoms with Crippen LogP contribution in [0.2, 0.25) is 0 Å². The normalized spacial score (nSPS) is 16.5. The molecule has 8 heteroatoms. The number of carbonyl (C=O) groups is 3. The van der Waals surface area contributed by atoms with E-state index in [0.29, 0.717) is 38.4 Å². The molecule has 2 aliphatic rings. The lowest BCUT2D eigenvalue weighted by Gasteiger charge is -2.24. The predicted molar refractivity (Wildman–Crippen MR) is 134 cm³/mol. The van der Waals surface area contributed by atoms with Crippen LogP contribution >= 0.6 is 0 Å². The molecule has 35 heavy (non-hydrogen) atoms. The van der Waals surface area contributed by atoms with E-state index < -0.39 is 0 Å². The van der Waals surface area contributed by atoms with Crippen LogP contribution in [-0.2, 0) is 17.9 Å². The molecule has 1 fully saturated rings. The second-order valence-electron chi connectivity index (χ2n) is 9.74. The van der Waals surface area contributed by atoms with Crippen LogP contribution in [0.4, 0.5) is 0 Å². The van der Waals surface area contributed by atoms with Crippen molar-refractivity contribution in [3.05, 3.63) is 52.8 Å². The number of hydrogen-bond donors (Lipinski definition) is 1. The first-order chi connectivity index (χ1) is 16.9. The molecule has 3 amide bonds. The average Bonchev–Trinajstić information content (AvgIpc) is 3.22. The molecule has 1 aromatic heterocycles. The molecule has 0 radical (unpaired) electrons. The Morgan fingerprint density at radius 2 is 1.91 bits per heavy atom. The molecule has 2 aromatic rings. The molecule has 0 saturated heterocycles. The van der Waals surface area contributed by atoms with Gasteiger partial charge in [-0.2, -0.15) is 5.10 Å². The quantitative estimate of drug-likeness (QED) is 0.627. The fraction of sp³-hybridized carbons (Fsp3) is 0.556. The van der Waals surface area contributed by atoms with Gasteiger partial charge in [0.1, 0.15) is 5.69 Å². The molecule has 0 unspecified atom stereocenters. The first-order valence-electron chi connectivity index (χ1n) is 13.0. The Bertz CT molecular complexity index is 1060. The predicted octanol–water partition coefficient (Wildman–Crippen LogP) is 3.54. The number of carbonyl (C=O) groups excluding carboxylic acids is 3. The van der Waals surface area contributed by atoms with Crippen molar-refractivity contribution in [2.45, 2.75) is 77.9 Å². The Hall–Kier alpha value is -3.16. The van der Waals surface area contributed by atoms with Gasteiger partial charge in [-0.1, -0.05) is 49.1 Å². The van der Waals surface area contributed by atoms with Crippen molar-refractivity contribution in [3.8, 4) is 0 Å². The largest absolute Gasteiger partial charge is 0.353 e. The number of nitrogens with one attached hydrogen (secondary N) is 1. The monoisotopic (exact) mass is 479 g/mol. The Kier molecular flexibility index (Phi) is 8.21. The molecule has 1 N–H and O–H groups in total. The van der Waals surface area contributed by atoms with E-state index in [4.69, 9.17) is 0 Å². The summed E-state index contributed by atoms with van der Waals surface area (Å²) in [5.41, 5.74) is 2.96. The van der Waals surface area contributed by atoms with Gasteiger partial charge in [0.15, 0.2) is 5.69 Å². The molecule has 0 bridgehead atoms. The minimum Gasteiger partial charge on any atom is -0.353 e. The molecule has 1 aliphatic heterocycles. The minimum absolute atomic E-state index is 0.00857. The van der Waals surface area contributed by atoms with Crippen molar-refractivity contribution in [1.82, 2.24) is 24.9 Å². The lowest BCUT2D eigenvalue weighted by molar-refractivity contribution is -0.122. The molecule has 0 atom stereocenters. The fourth-order valence-corrected chi connectivity index (χ4v) is 5.07. The number of nitrogens with zero attached hydrogens (tertiary/aromatic N) is 4. The van der Waals surface area contributed by atoms with Gasteiger partial charge in [0.25, 0.3) is 11.8 Å². The van der Waals surface area contributed by atoms with Gasteiger partial charge in [0.05, 0.1) is 0 Å². The Morgan fingerprint density at radius 3 is 2.66 bits per heavy atom. The summed E-state index contributed by atoms with van der Waals surface area (Å²) in [5.74, 6) is -0.354. The van der Waals surface area contributed by atoms with Crippen molar-refractivity contribution in [3.63, 3.8) is 0 Å². The van der Waals surface area contributed by atoms with Gasteiger partial charge in [0.2, 0.25) is 5.91 Å². The van der Waals surface area contributed by atoms with E-state index in [1.165, 1.54) is 6.42 Å². The van der Waals surface area contributed by atoms with Gasteiger partial charge in [0, 0.05) is 51.3 Å². The second kappa shape index (κ2) is 11.5. The number of amides is 3. The van der Waals surface area contributed by atoms with E-state index in [1.807, 2.05) is 36.9 Å². The highest BCUT2D eigenvalue weighted by molar-refractivity contribution is 5.98. The minimum atomic E-state index is -0.239. The van der Waals surface area contributed by atoms with Gasteiger partial charge in [-0.25, -0.2) is 0 Å². The van der Waals surface area contributed by atoms with Crippen molar-refractivity contribution < 1.29 is 14.4 Å². The first kappa shape index (κ1) is 24.9. The van der Waals surface area contributed by atoms with Crippen LogP contribution in [0.1, 0.15) is 84.0 Å². The molecule has 0 spiro atoms. The van der Waals surface area contributed by atoms with Crippen LogP contribution in [0.3, 0.4) is 0 Å². The molecule has 4 rings (SSSR count). The fourth-order valence-electron chi connectivity index (χ4n) is 5.07. The zero-order valence-corrected chi connectivity index (χ0v) is 21.0. The molecule has 1 saturated carbocycles. The third-order valence-electron chi connectivity index (χ3n) is 7.01. The summed E-state index contributed by atoms with van der Waals surface area (Å²) in [6.07, 6.45) is 6.69. The topological polar surface area (TPSA) is 87.5 Å². The van der Waals surface area contributed by atoms with Gasteiger partial charge in [-0.05, 0) is 38.7 Å². The summed E-state index contributed by atoms with van der Waals surface area (Å²) in [6, 6.07) is 10.0. The van der Waals surface area contributed by atoms with E-state index in [1.54, 1.807) is 15.6 Å². The number of fused-ring (bicyclic) bond motifs is 1. The van der Waals surface area contributed by atoms with Crippen LogP contribution in [0.5, 0.6) is 0 Å². The Balaban J connectivity index is 1.39. The van der Waals surface area contributed by atoms with Gasteiger partial charge in [-0.3, -0.25) is 19.1 Å². The van der Waals surface area contributed by atoms with Crippen LogP contribution in [-0.4, -0.2) is 63.0 Å². The molecule has 2 heterocycles. The Morgan fingerprint density at radius 1 is 1.11 bits per heavy atom. The van der Waals surface area contributed by atoms with Crippen LogP contribution < -0.4 is 5.32 Å². The number of aryl methyl sites for hydroxylation is 2. The van der Waals surface area contributed by atoms with Crippen LogP contribution in [0.25, 0.3) is 0 Å². The van der Waals surface area contributed by atoms with E-state index in [9.17, 15) is 14.4 Å². The molecular formula is C27H37N5O3. The summed E-state index contributed by atoms with van der Waals surface area (Å²) in [5, 5.41) is 7.59. The number of rotatable bonds is 8. The standard InChI is InChI=1S/C27H37N5O3/c1-3-30(16-13-25(33)28-22-11-5-4-6-12-22)26(34)23-18-24-27(35)31(14-8-15-32(24)29-23)19-21-10-7-9-20(2)17-21/h7,9-10,17-18,22H,3-6,8,11-16,19H2,1-2H3,(H,28,33). The van der Waals surface area contributed by atoms with E-state index in [0.717, 1.165) is 43.2 Å². The summed E-state index contributed by atoms with van der Waals surface area (Å²) in [7, 11) is 0. The smallest absolute Gasteiger partial charge is 0.274 e. The first-order valence-corrected chi connectivity index (χ1v) is 13.0. The molecule has 8 nitrogen and oxygen atoms in total. The third-order valence-corrected chi connectivity index (χ3v) is 7.01. The highest BCUT2D eigenvalue weighted by Gasteiger charge is 2.28. The van der Waals surface area contributed by atoms with Gasteiger partial charge in [-0.15, -0.1) is 0 Å². The average molecular weight is 480 g/mol. The molecule has 1 aromatic carbocycles. The lowest BCUT2D eigenvalue weighted by atomic mass is 9.95.